The van der Waals surface area contributed by atoms with Crippen molar-refractivity contribution >= 4 is 6.08 Å². The zero-order valence-electron chi connectivity index (χ0n) is 6.60. The third-order valence-electron chi connectivity index (χ3n) is 2.09. The number of alkyl halides is 3. The molecule has 2 rings (SSSR count). The molecule has 1 unspecified atom stereocenters. The molecule has 0 spiro atoms. The first-order valence-corrected chi connectivity index (χ1v) is 3.84. The summed E-state index contributed by atoms with van der Waals surface area (Å²) in [4.78, 5) is 0. The lowest BCUT2D eigenvalue weighted by Gasteiger charge is -2.14. The molecule has 0 aliphatic heterocycles. The monoisotopic (exact) mass is 183 g/mol. The normalized spacial score (nSPS) is 20.4. The highest BCUT2D eigenvalue weighted by molar-refractivity contribution is 5.62. The van der Waals surface area contributed by atoms with Crippen LogP contribution in [0.25, 0.3) is 6.08 Å². The van der Waals surface area contributed by atoms with Crippen molar-refractivity contribution in [2.24, 2.45) is 0 Å². The number of halogens is 3. The molecule has 0 bridgehead atoms. The summed E-state index contributed by atoms with van der Waals surface area (Å²) in [5.41, 5.74) is 0.941. The molecule has 0 amide bonds. The first-order valence-electron chi connectivity index (χ1n) is 3.84. The number of fused-ring (bicyclic) bond motifs is 1. The van der Waals surface area contributed by atoms with Crippen LogP contribution in [0.3, 0.4) is 0 Å². The predicted molar refractivity (Wildman–Crippen MR) is 43.1 cm³/mol. The highest BCUT2D eigenvalue weighted by atomic mass is 19.4. The summed E-state index contributed by atoms with van der Waals surface area (Å²) in [5.74, 6) is -1.43. The lowest BCUT2D eigenvalue weighted by molar-refractivity contribution is -0.138. The van der Waals surface area contributed by atoms with Crippen LogP contribution >= 0.6 is 0 Å². The van der Waals surface area contributed by atoms with Crippen LogP contribution in [0.5, 0.6) is 0 Å². The Kier molecular flexibility index (Phi) is 1.68. The predicted octanol–water partition coefficient (Wildman–Crippen LogP) is 3.16. The second-order valence-corrected chi connectivity index (χ2v) is 2.93. The summed E-state index contributed by atoms with van der Waals surface area (Å²) < 4.78 is 37.1. The maximum Gasteiger partial charge on any atom is 0.399 e. The molecule has 13 heavy (non-hydrogen) atoms. The molecule has 0 saturated carbocycles. The van der Waals surface area contributed by atoms with Crippen LogP contribution in [0.15, 0.2) is 24.3 Å². The van der Waals surface area contributed by atoms with Crippen LogP contribution in [0, 0.1) is 6.07 Å². The van der Waals surface area contributed by atoms with Crippen LogP contribution in [0.4, 0.5) is 13.2 Å². The molecule has 0 aromatic heterocycles. The zero-order chi connectivity index (χ0) is 9.47. The maximum absolute atomic E-state index is 12.4. The molecule has 1 radical (unpaired) electrons. The lowest BCUT2D eigenvalue weighted by Crippen LogP contribution is -2.17. The smallest absolute Gasteiger partial charge is 0.170 e. The van der Waals surface area contributed by atoms with E-state index >= 15 is 0 Å². The first kappa shape index (κ1) is 8.35. The second-order valence-electron chi connectivity index (χ2n) is 2.93. The van der Waals surface area contributed by atoms with Crippen molar-refractivity contribution < 1.29 is 13.2 Å². The molecule has 0 saturated heterocycles. The van der Waals surface area contributed by atoms with Crippen molar-refractivity contribution in [3.05, 3.63) is 41.5 Å². The van der Waals surface area contributed by atoms with Crippen molar-refractivity contribution in [3.63, 3.8) is 0 Å². The molecule has 1 aromatic carbocycles. The van der Waals surface area contributed by atoms with Crippen molar-refractivity contribution in [2.75, 3.05) is 0 Å². The van der Waals surface area contributed by atoms with Gasteiger partial charge in [-0.25, -0.2) is 0 Å². The SMILES string of the molecule is FC(F)(F)C1C=Cc2c[c]ccc21. The van der Waals surface area contributed by atoms with E-state index < -0.39 is 12.1 Å². The summed E-state index contributed by atoms with van der Waals surface area (Å²) in [6, 6.07) is 7.28. The average molecular weight is 183 g/mol. The van der Waals surface area contributed by atoms with Gasteiger partial charge < -0.3 is 0 Å². The second kappa shape index (κ2) is 2.62. The molecule has 0 fully saturated rings. The van der Waals surface area contributed by atoms with Gasteiger partial charge in [0.05, 0.1) is 5.92 Å². The largest absolute Gasteiger partial charge is 0.399 e. The fourth-order valence-electron chi connectivity index (χ4n) is 1.47. The Labute approximate surface area is 73.7 Å². The molecule has 1 aliphatic carbocycles. The Hall–Kier alpha value is -1.25. The fourth-order valence-corrected chi connectivity index (χ4v) is 1.47. The first-order chi connectivity index (χ1) is 6.09. The zero-order valence-corrected chi connectivity index (χ0v) is 6.60. The van der Waals surface area contributed by atoms with Gasteiger partial charge in [0.2, 0.25) is 0 Å². The highest BCUT2D eigenvalue weighted by Crippen LogP contribution is 2.41. The topological polar surface area (TPSA) is 0 Å². The molecule has 0 heterocycles. The minimum atomic E-state index is -4.18. The Morgan fingerprint density at radius 2 is 2.08 bits per heavy atom. The van der Waals surface area contributed by atoms with E-state index in [2.05, 4.69) is 6.07 Å². The minimum Gasteiger partial charge on any atom is -0.170 e. The fraction of sp³-hybridized carbons (Fsp3) is 0.200. The van der Waals surface area contributed by atoms with Crippen LogP contribution in [0.2, 0.25) is 0 Å². The minimum absolute atomic E-state index is 0.325. The number of hydrogen-bond acceptors (Lipinski definition) is 0. The molecule has 0 nitrogen and oxygen atoms in total. The van der Waals surface area contributed by atoms with E-state index in [1.165, 1.54) is 24.3 Å². The Bertz CT molecular complexity index is 349. The molecule has 3 heteroatoms. The average Bonchev–Trinajstić information content (AvgIpc) is 2.45. The van der Waals surface area contributed by atoms with Gasteiger partial charge in [-0.3, -0.25) is 0 Å². The number of rotatable bonds is 0. The van der Waals surface area contributed by atoms with Gasteiger partial charge in [-0.05, 0) is 23.3 Å². The summed E-state index contributed by atoms with van der Waals surface area (Å²) >= 11 is 0. The number of allylic oxidation sites excluding steroid dienone is 1. The Morgan fingerprint density at radius 1 is 1.31 bits per heavy atom. The molecule has 1 aliphatic rings. The molecule has 1 atom stereocenters. The van der Waals surface area contributed by atoms with Crippen molar-refractivity contribution in [1.82, 2.24) is 0 Å². The van der Waals surface area contributed by atoms with Crippen molar-refractivity contribution in [3.8, 4) is 0 Å². The molecular formula is C10H6F3. The van der Waals surface area contributed by atoms with Crippen molar-refractivity contribution in [2.45, 2.75) is 12.1 Å². The molecule has 1 aromatic rings. The van der Waals surface area contributed by atoms with E-state index in [9.17, 15) is 13.2 Å². The maximum atomic E-state index is 12.4. The van der Waals surface area contributed by atoms with Gasteiger partial charge in [0.25, 0.3) is 0 Å². The highest BCUT2D eigenvalue weighted by Gasteiger charge is 2.41. The number of hydrogen-bond donors (Lipinski definition) is 0. The van der Waals surface area contributed by atoms with Crippen LogP contribution in [-0.4, -0.2) is 6.18 Å². The quantitative estimate of drug-likeness (QED) is 0.579. The van der Waals surface area contributed by atoms with E-state index in [1.54, 1.807) is 6.07 Å². The van der Waals surface area contributed by atoms with E-state index in [-0.39, 0.29) is 0 Å². The van der Waals surface area contributed by atoms with E-state index in [4.69, 9.17) is 0 Å². The van der Waals surface area contributed by atoms with Gasteiger partial charge in [0, 0.05) is 0 Å². The molecule has 0 N–H and O–H groups in total. The summed E-state index contributed by atoms with van der Waals surface area (Å²) in [7, 11) is 0. The van der Waals surface area contributed by atoms with E-state index in [0.717, 1.165) is 0 Å². The third kappa shape index (κ3) is 1.34. The standard InChI is InChI=1S/C10H6F3/c11-10(12,13)9-6-5-7-3-1-2-4-8(7)9/h2-6,9H. The summed E-state index contributed by atoms with van der Waals surface area (Å²) in [5, 5.41) is 0. The van der Waals surface area contributed by atoms with Gasteiger partial charge in [0.15, 0.2) is 0 Å². The van der Waals surface area contributed by atoms with Gasteiger partial charge >= 0.3 is 6.18 Å². The van der Waals surface area contributed by atoms with Crippen LogP contribution < -0.4 is 0 Å². The Balaban J connectivity index is 2.45. The molecule has 67 valence electrons. The van der Waals surface area contributed by atoms with Gasteiger partial charge in [-0.15, -0.1) is 0 Å². The van der Waals surface area contributed by atoms with E-state index in [1.807, 2.05) is 0 Å². The summed E-state index contributed by atoms with van der Waals surface area (Å²) in [6.07, 6.45) is -1.51. The lowest BCUT2D eigenvalue weighted by atomic mass is 10.0. The van der Waals surface area contributed by atoms with Crippen LogP contribution in [-0.2, 0) is 0 Å². The van der Waals surface area contributed by atoms with Gasteiger partial charge in [-0.1, -0.05) is 24.3 Å². The van der Waals surface area contributed by atoms with Crippen LogP contribution in [0.1, 0.15) is 17.0 Å². The van der Waals surface area contributed by atoms with E-state index in [0.29, 0.717) is 11.1 Å². The number of benzene rings is 1. The van der Waals surface area contributed by atoms with Crippen molar-refractivity contribution in [1.29, 1.82) is 0 Å². The van der Waals surface area contributed by atoms with Gasteiger partial charge in [0.1, 0.15) is 0 Å². The Morgan fingerprint density at radius 3 is 2.77 bits per heavy atom. The molecular weight excluding hydrogens is 177 g/mol. The third-order valence-corrected chi connectivity index (χ3v) is 2.09. The summed E-state index contributed by atoms with van der Waals surface area (Å²) in [6.45, 7) is 0. The van der Waals surface area contributed by atoms with Gasteiger partial charge in [-0.2, -0.15) is 13.2 Å².